The monoisotopic (exact) mass is 146 g/mol. The van der Waals surface area contributed by atoms with Crippen LogP contribution in [0.5, 0.6) is 0 Å². The van der Waals surface area contributed by atoms with E-state index in [0.717, 1.165) is 6.42 Å². The Morgan fingerprint density at radius 2 is 1.50 bits per heavy atom. The average Bonchev–Trinajstić information content (AvgIpc) is 2.17. The fourth-order valence-corrected chi connectivity index (χ4v) is 0.393. The van der Waals surface area contributed by atoms with E-state index in [0.29, 0.717) is 0 Å². The van der Waals surface area contributed by atoms with Crippen LogP contribution in [0.25, 0.3) is 0 Å². The second-order valence-electron chi connectivity index (χ2n) is 1.18. The molecule has 0 heterocycles. The zero-order valence-electron chi connectivity index (χ0n) is 4.33. The molecule has 0 saturated heterocycles. The molecule has 0 unspecified atom stereocenters. The maximum absolute atomic E-state index is 8.50. The molecule has 0 saturated carbocycles. The predicted octanol–water partition coefficient (Wildman–Crippen LogP) is 1.26. The first kappa shape index (κ1) is 7.79. The average molecular weight is 146 g/mol. The Kier molecular flexibility index (Phi) is 6.62. The summed E-state index contributed by atoms with van der Waals surface area (Å²) in [6.45, 7) is 0. The summed E-state index contributed by atoms with van der Waals surface area (Å²) >= 11 is -2.00. The molecule has 2 nitrogen and oxygen atoms in total. The first-order valence-corrected chi connectivity index (χ1v) is 3.50. The summed E-state index contributed by atoms with van der Waals surface area (Å²) in [4.78, 5) is 0. The van der Waals surface area contributed by atoms with Gasteiger partial charge in [-0.2, -0.15) is 0 Å². The number of hydrogen-bond acceptors (Lipinski definition) is 2. The van der Waals surface area contributed by atoms with Crippen LogP contribution in [0.2, 0.25) is 0 Å². The molecule has 0 spiro atoms. The Bertz CT molecular complexity index is 121. The summed E-state index contributed by atoms with van der Waals surface area (Å²) in [5, 5.41) is 0. The van der Waals surface area contributed by atoms with Gasteiger partial charge in [0.15, 0.2) is 0 Å². The van der Waals surface area contributed by atoms with E-state index in [1.54, 1.807) is 0 Å². The molecule has 0 fully saturated rings. The molecule has 0 amide bonds. The SMILES string of the molecule is C1=CCC=C1.[O]=[Ti]=[O]. The van der Waals surface area contributed by atoms with Gasteiger partial charge in [-0.25, -0.2) is 0 Å². The summed E-state index contributed by atoms with van der Waals surface area (Å²) in [5.41, 5.74) is 0. The standard InChI is InChI=1S/C5H6.2O.Ti/c1-2-4-5-3-1;;;/h1-4H,5H2;;;. The third-order valence-corrected chi connectivity index (χ3v) is 0.655. The van der Waals surface area contributed by atoms with Gasteiger partial charge in [0, 0.05) is 0 Å². The Morgan fingerprint density at radius 3 is 1.62 bits per heavy atom. The van der Waals surface area contributed by atoms with E-state index in [2.05, 4.69) is 24.3 Å². The topological polar surface area (TPSA) is 34.1 Å². The molecule has 0 bridgehead atoms. The number of rotatable bonds is 0. The van der Waals surface area contributed by atoms with Gasteiger partial charge in [-0.1, -0.05) is 24.3 Å². The molecule has 0 aliphatic heterocycles. The van der Waals surface area contributed by atoms with Crippen molar-refractivity contribution in [2.75, 3.05) is 0 Å². The van der Waals surface area contributed by atoms with Gasteiger partial charge in [-0.3, -0.25) is 0 Å². The third-order valence-electron chi connectivity index (χ3n) is 0.655. The van der Waals surface area contributed by atoms with Crippen LogP contribution in [0.4, 0.5) is 0 Å². The molecule has 0 aromatic heterocycles. The van der Waals surface area contributed by atoms with Crippen LogP contribution in [-0.4, -0.2) is 0 Å². The van der Waals surface area contributed by atoms with Crippen molar-refractivity contribution in [3.63, 3.8) is 0 Å². The molecule has 0 aromatic rings. The van der Waals surface area contributed by atoms with Crippen LogP contribution < -0.4 is 0 Å². The molecule has 0 N–H and O–H groups in total. The van der Waals surface area contributed by atoms with E-state index in [-0.39, 0.29) is 0 Å². The Balaban J connectivity index is 0.000000145. The van der Waals surface area contributed by atoms with E-state index in [1.165, 1.54) is 0 Å². The Labute approximate surface area is 56.9 Å². The summed E-state index contributed by atoms with van der Waals surface area (Å²) in [5.74, 6) is 0. The van der Waals surface area contributed by atoms with Crippen LogP contribution in [0.1, 0.15) is 6.42 Å². The van der Waals surface area contributed by atoms with E-state index in [4.69, 9.17) is 6.65 Å². The van der Waals surface area contributed by atoms with Gasteiger partial charge >= 0.3 is 25.7 Å². The first-order chi connectivity index (χ1) is 3.91. The molecule has 1 rings (SSSR count). The molecule has 1 aliphatic carbocycles. The number of allylic oxidation sites excluding steroid dienone is 4. The summed E-state index contributed by atoms with van der Waals surface area (Å²) < 4.78 is 17.0. The van der Waals surface area contributed by atoms with Crippen molar-refractivity contribution in [1.82, 2.24) is 0 Å². The van der Waals surface area contributed by atoms with Gasteiger partial charge in [0.05, 0.1) is 0 Å². The van der Waals surface area contributed by atoms with Gasteiger partial charge in [0.2, 0.25) is 0 Å². The molecular formula is C5H6O2Ti. The van der Waals surface area contributed by atoms with Crippen LogP contribution in [-0.2, 0) is 25.7 Å². The van der Waals surface area contributed by atoms with E-state index >= 15 is 0 Å². The fraction of sp³-hybridized carbons (Fsp3) is 0.200. The first-order valence-electron chi connectivity index (χ1n) is 2.22. The zero-order chi connectivity index (χ0) is 6.24. The molecule has 0 aromatic carbocycles. The second-order valence-corrected chi connectivity index (χ2v) is 1.44. The van der Waals surface area contributed by atoms with Crippen molar-refractivity contribution >= 4 is 0 Å². The molecule has 0 atom stereocenters. The van der Waals surface area contributed by atoms with Crippen molar-refractivity contribution in [3.8, 4) is 0 Å². The quantitative estimate of drug-likeness (QED) is 0.482. The predicted molar refractivity (Wildman–Crippen MR) is 24.3 cm³/mol. The van der Waals surface area contributed by atoms with E-state index in [9.17, 15) is 0 Å². The van der Waals surface area contributed by atoms with E-state index in [1.807, 2.05) is 0 Å². The van der Waals surface area contributed by atoms with Gasteiger partial charge < -0.3 is 0 Å². The van der Waals surface area contributed by atoms with Crippen molar-refractivity contribution in [3.05, 3.63) is 24.3 Å². The minimum atomic E-state index is -2.00. The Morgan fingerprint density at radius 1 is 1.12 bits per heavy atom. The summed E-state index contributed by atoms with van der Waals surface area (Å²) in [7, 11) is 0. The van der Waals surface area contributed by atoms with Crippen molar-refractivity contribution in [1.29, 1.82) is 0 Å². The third kappa shape index (κ3) is 5.79. The van der Waals surface area contributed by atoms with Crippen LogP contribution >= 0.6 is 0 Å². The normalized spacial score (nSPS) is 12.0. The summed E-state index contributed by atoms with van der Waals surface area (Å²) in [6, 6.07) is 0. The van der Waals surface area contributed by atoms with E-state index < -0.39 is 19.1 Å². The van der Waals surface area contributed by atoms with Gasteiger partial charge in [-0.05, 0) is 6.42 Å². The van der Waals surface area contributed by atoms with Gasteiger partial charge in [-0.15, -0.1) is 0 Å². The zero-order valence-corrected chi connectivity index (χ0v) is 5.89. The van der Waals surface area contributed by atoms with Crippen LogP contribution in [0.3, 0.4) is 0 Å². The Hall–Kier alpha value is -0.206. The second kappa shape index (κ2) is 6.79. The van der Waals surface area contributed by atoms with Gasteiger partial charge in [0.25, 0.3) is 0 Å². The summed E-state index contributed by atoms with van der Waals surface area (Å²) in [6.07, 6.45) is 9.50. The molecule has 3 heteroatoms. The molecule has 42 valence electrons. The van der Waals surface area contributed by atoms with Crippen LogP contribution in [0, 0.1) is 0 Å². The maximum atomic E-state index is 8.50. The molecular weight excluding hydrogens is 140 g/mol. The van der Waals surface area contributed by atoms with Crippen LogP contribution in [0.15, 0.2) is 24.3 Å². The minimum absolute atomic E-state index is 1.14. The van der Waals surface area contributed by atoms with Gasteiger partial charge in [0.1, 0.15) is 0 Å². The van der Waals surface area contributed by atoms with Crippen molar-refractivity contribution in [2.45, 2.75) is 6.42 Å². The molecule has 1 aliphatic rings. The number of hydrogen-bond donors (Lipinski definition) is 0. The molecule has 8 heavy (non-hydrogen) atoms. The van der Waals surface area contributed by atoms with Crippen molar-refractivity contribution in [2.24, 2.45) is 0 Å². The van der Waals surface area contributed by atoms with Crippen molar-refractivity contribution < 1.29 is 25.7 Å². The fourth-order valence-electron chi connectivity index (χ4n) is 0.393. The molecule has 0 radical (unpaired) electrons.